The minimum atomic E-state index is -0.211. The summed E-state index contributed by atoms with van der Waals surface area (Å²) in [6.45, 7) is 2.25. The molecule has 1 heterocycles. The van der Waals surface area contributed by atoms with Gasteiger partial charge in [0.2, 0.25) is 5.91 Å². The number of rotatable bonds is 4. The molecule has 0 unspecified atom stereocenters. The summed E-state index contributed by atoms with van der Waals surface area (Å²) in [5, 5.41) is 15.9. The summed E-state index contributed by atoms with van der Waals surface area (Å²) in [7, 11) is 0. The Morgan fingerprint density at radius 2 is 2.37 bits per heavy atom. The van der Waals surface area contributed by atoms with Crippen LogP contribution in [0.2, 0.25) is 0 Å². The minimum Gasteiger partial charge on any atom is -0.345 e. The summed E-state index contributed by atoms with van der Waals surface area (Å²) in [6, 6.07) is 5.93. The van der Waals surface area contributed by atoms with E-state index in [-0.39, 0.29) is 12.5 Å². The molecule has 0 aliphatic carbocycles. The van der Waals surface area contributed by atoms with Crippen LogP contribution < -0.4 is 5.32 Å². The monoisotopic (exact) mass is 321 g/mol. The Hall–Kier alpha value is -2.02. The van der Waals surface area contributed by atoms with Gasteiger partial charge in [0.15, 0.2) is 5.82 Å². The minimum absolute atomic E-state index is 0.211. The molecule has 19 heavy (non-hydrogen) atoms. The summed E-state index contributed by atoms with van der Waals surface area (Å²) < 4.78 is 0.953. The van der Waals surface area contributed by atoms with Crippen LogP contribution in [0.4, 0.5) is 0 Å². The number of nitrogens with zero attached hydrogens (tertiary/aromatic N) is 3. The normalized spacial score (nSPS) is 10.8. The molecule has 2 aromatic rings. The van der Waals surface area contributed by atoms with Gasteiger partial charge in [-0.15, -0.1) is 10.2 Å². The summed E-state index contributed by atoms with van der Waals surface area (Å²) in [6.07, 6.45) is 3.21. The predicted molar refractivity (Wildman–Crippen MR) is 73.9 cm³/mol. The Bertz CT molecular complexity index is 594. The molecule has 0 bridgehead atoms. The third kappa shape index (κ3) is 3.99. The molecule has 0 aliphatic rings. The van der Waals surface area contributed by atoms with E-state index in [2.05, 4.69) is 41.9 Å². The summed E-state index contributed by atoms with van der Waals surface area (Å²) in [5.74, 6) is 0.232. The highest BCUT2D eigenvalue weighted by molar-refractivity contribution is 9.10. The summed E-state index contributed by atoms with van der Waals surface area (Å²) in [4.78, 5) is 11.6. The first-order valence-corrected chi connectivity index (χ1v) is 6.39. The molecule has 2 N–H and O–H groups in total. The number of hydrogen-bond acceptors (Lipinski definition) is 4. The number of nitrogens with one attached hydrogen (secondary N) is 2. The first kappa shape index (κ1) is 13.4. The van der Waals surface area contributed by atoms with Crippen molar-refractivity contribution in [2.75, 3.05) is 0 Å². The molecule has 2 rings (SSSR count). The lowest BCUT2D eigenvalue weighted by molar-refractivity contribution is -0.116. The number of aromatic nitrogens is 4. The highest BCUT2D eigenvalue weighted by atomic mass is 79.9. The number of aromatic amines is 1. The smallest absolute Gasteiger partial charge is 0.244 e. The SMILES string of the molecule is Cc1ccc(C=CC(=O)NCc2nn[nH]n2)c(Br)c1. The van der Waals surface area contributed by atoms with Gasteiger partial charge in [0.25, 0.3) is 0 Å². The number of hydrogen-bond donors (Lipinski definition) is 2. The lowest BCUT2D eigenvalue weighted by Gasteiger charge is -2.00. The Morgan fingerprint density at radius 1 is 1.53 bits per heavy atom. The zero-order valence-electron chi connectivity index (χ0n) is 10.2. The molecule has 0 atom stereocenters. The van der Waals surface area contributed by atoms with Crippen LogP contribution in [-0.4, -0.2) is 26.5 Å². The molecule has 1 amide bonds. The molecule has 1 aromatic carbocycles. The van der Waals surface area contributed by atoms with Crippen LogP contribution in [0.5, 0.6) is 0 Å². The second-order valence-corrected chi connectivity index (χ2v) is 4.76. The molecular weight excluding hydrogens is 310 g/mol. The van der Waals surface area contributed by atoms with Crippen molar-refractivity contribution in [3.05, 3.63) is 45.7 Å². The standard InChI is InChI=1S/C12H12BrN5O/c1-8-2-3-9(10(13)6-8)4-5-12(19)14-7-11-15-17-18-16-11/h2-6H,7H2,1H3,(H,14,19)(H,15,16,17,18). The first-order chi connectivity index (χ1) is 9.15. The average Bonchev–Trinajstić information content (AvgIpc) is 2.88. The lowest BCUT2D eigenvalue weighted by Crippen LogP contribution is -2.20. The van der Waals surface area contributed by atoms with Crippen molar-refractivity contribution >= 4 is 27.9 Å². The maximum Gasteiger partial charge on any atom is 0.244 e. The molecule has 0 radical (unpaired) electrons. The van der Waals surface area contributed by atoms with Crippen molar-refractivity contribution in [1.29, 1.82) is 0 Å². The maximum absolute atomic E-state index is 11.6. The first-order valence-electron chi connectivity index (χ1n) is 5.59. The van der Waals surface area contributed by atoms with Gasteiger partial charge in [-0.05, 0) is 30.2 Å². The van der Waals surface area contributed by atoms with Crippen molar-refractivity contribution < 1.29 is 4.79 Å². The van der Waals surface area contributed by atoms with E-state index in [0.717, 1.165) is 15.6 Å². The van der Waals surface area contributed by atoms with Crippen LogP contribution in [0, 0.1) is 6.92 Å². The maximum atomic E-state index is 11.6. The van der Waals surface area contributed by atoms with Crippen molar-refractivity contribution in [2.45, 2.75) is 13.5 Å². The van der Waals surface area contributed by atoms with Crippen LogP contribution in [0.3, 0.4) is 0 Å². The van der Waals surface area contributed by atoms with E-state index in [0.29, 0.717) is 5.82 Å². The number of carbonyl (C=O) groups excluding carboxylic acids is 1. The largest absolute Gasteiger partial charge is 0.345 e. The molecule has 98 valence electrons. The van der Waals surface area contributed by atoms with Crippen molar-refractivity contribution in [3.63, 3.8) is 0 Å². The van der Waals surface area contributed by atoms with Gasteiger partial charge in [0.05, 0.1) is 6.54 Å². The topological polar surface area (TPSA) is 83.6 Å². The zero-order valence-corrected chi connectivity index (χ0v) is 11.8. The molecule has 0 aliphatic heterocycles. The fourth-order valence-electron chi connectivity index (χ4n) is 1.42. The molecule has 0 spiro atoms. The van der Waals surface area contributed by atoms with E-state index < -0.39 is 0 Å². The van der Waals surface area contributed by atoms with E-state index in [4.69, 9.17) is 0 Å². The van der Waals surface area contributed by atoms with Gasteiger partial charge in [0.1, 0.15) is 0 Å². The van der Waals surface area contributed by atoms with Crippen LogP contribution in [0.25, 0.3) is 6.08 Å². The number of H-pyrrole nitrogens is 1. The van der Waals surface area contributed by atoms with E-state index in [1.165, 1.54) is 6.08 Å². The van der Waals surface area contributed by atoms with Gasteiger partial charge >= 0.3 is 0 Å². The molecule has 6 nitrogen and oxygen atoms in total. The number of tetrazole rings is 1. The number of benzene rings is 1. The zero-order chi connectivity index (χ0) is 13.7. The van der Waals surface area contributed by atoms with Gasteiger partial charge in [-0.1, -0.05) is 33.3 Å². The highest BCUT2D eigenvalue weighted by Crippen LogP contribution is 2.19. The average molecular weight is 322 g/mol. The van der Waals surface area contributed by atoms with Gasteiger partial charge in [0, 0.05) is 10.5 Å². The fourth-order valence-corrected chi connectivity index (χ4v) is 2.04. The van der Waals surface area contributed by atoms with E-state index in [1.807, 2.05) is 25.1 Å². The third-order valence-electron chi connectivity index (χ3n) is 2.38. The Balaban J connectivity index is 1.92. The lowest BCUT2D eigenvalue weighted by atomic mass is 10.1. The molecule has 0 fully saturated rings. The van der Waals surface area contributed by atoms with Crippen LogP contribution in [-0.2, 0) is 11.3 Å². The fraction of sp³-hybridized carbons (Fsp3) is 0.167. The third-order valence-corrected chi connectivity index (χ3v) is 3.07. The molecule has 0 saturated carbocycles. The Morgan fingerprint density at radius 3 is 3.05 bits per heavy atom. The Kier molecular flexibility index (Phi) is 4.40. The second kappa shape index (κ2) is 6.24. The number of carbonyl (C=O) groups is 1. The Labute approximate surface area is 118 Å². The number of halogens is 1. The summed E-state index contributed by atoms with van der Waals surface area (Å²) in [5.41, 5.74) is 2.10. The van der Waals surface area contributed by atoms with Crippen molar-refractivity contribution in [2.24, 2.45) is 0 Å². The van der Waals surface area contributed by atoms with Crippen molar-refractivity contribution in [1.82, 2.24) is 25.9 Å². The quantitative estimate of drug-likeness (QED) is 0.838. The van der Waals surface area contributed by atoms with Gasteiger partial charge in [-0.25, -0.2) is 0 Å². The van der Waals surface area contributed by atoms with Gasteiger partial charge in [-0.2, -0.15) is 5.21 Å². The number of aryl methyl sites for hydroxylation is 1. The molecule has 0 saturated heterocycles. The van der Waals surface area contributed by atoms with E-state index in [9.17, 15) is 4.79 Å². The van der Waals surface area contributed by atoms with Crippen LogP contribution >= 0.6 is 15.9 Å². The van der Waals surface area contributed by atoms with E-state index >= 15 is 0 Å². The molecular formula is C12H12BrN5O. The van der Waals surface area contributed by atoms with Crippen molar-refractivity contribution in [3.8, 4) is 0 Å². The van der Waals surface area contributed by atoms with Crippen LogP contribution in [0.15, 0.2) is 28.7 Å². The second-order valence-electron chi connectivity index (χ2n) is 3.90. The highest BCUT2D eigenvalue weighted by Gasteiger charge is 2.01. The summed E-state index contributed by atoms with van der Waals surface area (Å²) >= 11 is 3.45. The van der Waals surface area contributed by atoms with Gasteiger partial charge < -0.3 is 5.32 Å². The molecule has 7 heteroatoms. The van der Waals surface area contributed by atoms with Gasteiger partial charge in [-0.3, -0.25) is 4.79 Å². The van der Waals surface area contributed by atoms with Crippen LogP contribution in [0.1, 0.15) is 17.0 Å². The van der Waals surface area contributed by atoms with E-state index in [1.54, 1.807) is 6.08 Å². The number of amides is 1. The molecule has 1 aromatic heterocycles. The predicted octanol–water partition coefficient (Wildman–Crippen LogP) is 1.60.